The molecule has 0 aliphatic heterocycles. The third-order valence-corrected chi connectivity index (χ3v) is 3.05. The lowest BCUT2D eigenvalue weighted by Crippen LogP contribution is -2.10. The van der Waals surface area contributed by atoms with Crippen molar-refractivity contribution in [2.24, 2.45) is 5.73 Å². The van der Waals surface area contributed by atoms with Crippen LogP contribution in [0.25, 0.3) is 11.0 Å². The highest BCUT2D eigenvalue weighted by Gasteiger charge is 2.07. The maximum Gasteiger partial charge on any atom is 0.109 e. The van der Waals surface area contributed by atoms with Crippen LogP contribution in [-0.4, -0.2) is 29.7 Å². The first-order chi connectivity index (χ1) is 8.22. The molecule has 2 aromatic rings. The number of ether oxygens (including phenoxy) is 1. The Labute approximate surface area is 105 Å². The van der Waals surface area contributed by atoms with E-state index < -0.39 is 0 Å². The summed E-state index contributed by atoms with van der Waals surface area (Å²) in [5.41, 5.74) is 8.30. The molecular formula is C12H16ClN3O. The second-order valence-corrected chi connectivity index (χ2v) is 4.31. The number of nitrogens with zero attached hydrogens (tertiary/aromatic N) is 1. The third-order valence-electron chi connectivity index (χ3n) is 2.64. The first kappa shape index (κ1) is 12.4. The molecule has 0 atom stereocenters. The largest absolute Gasteiger partial charge is 0.380 e. The molecule has 0 spiro atoms. The molecule has 1 heterocycles. The van der Waals surface area contributed by atoms with Gasteiger partial charge in [-0.1, -0.05) is 11.6 Å². The minimum Gasteiger partial charge on any atom is -0.380 e. The van der Waals surface area contributed by atoms with E-state index in [-0.39, 0.29) is 0 Å². The number of aromatic amines is 1. The zero-order valence-corrected chi connectivity index (χ0v) is 10.5. The molecule has 0 aliphatic carbocycles. The van der Waals surface area contributed by atoms with Crippen LogP contribution in [0.5, 0.6) is 0 Å². The minimum absolute atomic E-state index is 0.550. The summed E-state index contributed by atoms with van der Waals surface area (Å²) < 4.78 is 5.33. The van der Waals surface area contributed by atoms with E-state index >= 15 is 0 Å². The van der Waals surface area contributed by atoms with Crippen LogP contribution in [0.4, 0.5) is 0 Å². The van der Waals surface area contributed by atoms with Gasteiger partial charge in [-0.3, -0.25) is 0 Å². The predicted octanol–water partition coefficient (Wildman–Crippen LogP) is 2.04. The van der Waals surface area contributed by atoms with E-state index in [0.717, 1.165) is 33.9 Å². The summed E-state index contributed by atoms with van der Waals surface area (Å²) >= 11 is 6.05. The van der Waals surface area contributed by atoms with Gasteiger partial charge in [0.15, 0.2) is 0 Å². The van der Waals surface area contributed by atoms with Gasteiger partial charge < -0.3 is 15.5 Å². The fourth-order valence-electron chi connectivity index (χ4n) is 1.71. The highest BCUT2D eigenvalue weighted by atomic mass is 35.5. The van der Waals surface area contributed by atoms with Crippen LogP contribution < -0.4 is 5.73 Å². The number of hydrogen-bond donors (Lipinski definition) is 2. The molecule has 0 bridgehead atoms. The summed E-state index contributed by atoms with van der Waals surface area (Å²) in [6.45, 7) is 3.74. The van der Waals surface area contributed by atoms with E-state index in [9.17, 15) is 0 Å². The number of aromatic nitrogens is 2. The standard InChI is InChI=1S/C12H16ClN3O/c1-8-9(13)2-3-10-12(8)16-11(15-10)4-6-17-7-5-14/h2-3H,4-7,14H2,1H3,(H,15,16). The minimum atomic E-state index is 0.550. The van der Waals surface area contributed by atoms with Crippen molar-refractivity contribution in [3.63, 3.8) is 0 Å². The van der Waals surface area contributed by atoms with E-state index in [1.165, 1.54) is 0 Å². The van der Waals surface area contributed by atoms with Gasteiger partial charge in [0.1, 0.15) is 5.82 Å². The predicted molar refractivity (Wildman–Crippen MR) is 69.4 cm³/mol. The zero-order chi connectivity index (χ0) is 12.3. The Bertz CT molecular complexity index is 510. The molecule has 17 heavy (non-hydrogen) atoms. The SMILES string of the molecule is Cc1c(Cl)ccc2[nH]c(CCOCCN)nc12. The van der Waals surface area contributed by atoms with Crippen LogP contribution in [0, 0.1) is 6.92 Å². The number of benzene rings is 1. The van der Waals surface area contributed by atoms with Crippen LogP contribution in [-0.2, 0) is 11.2 Å². The summed E-state index contributed by atoms with van der Waals surface area (Å²) in [4.78, 5) is 7.78. The van der Waals surface area contributed by atoms with Gasteiger partial charge in [0.2, 0.25) is 0 Å². The Hall–Kier alpha value is -1.10. The molecule has 0 radical (unpaired) electrons. The molecule has 2 rings (SSSR count). The van der Waals surface area contributed by atoms with Gasteiger partial charge in [-0.05, 0) is 24.6 Å². The Morgan fingerprint density at radius 2 is 2.24 bits per heavy atom. The lowest BCUT2D eigenvalue weighted by molar-refractivity contribution is 0.143. The van der Waals surface area contributed by atoms with Crippen LogP contribution >= 0.6 is 11.6 Å². The van der Waals surface area contributed by atoms with E-state index in [0.29, 0.717) is 19.8 Å². The number of imidazole rings is 1. The molecule has 1 aromatic heterocycles. The number of nitrogens with one attached hydrogen (secondary N) is 1. The Balaban J connectivity index is 2.12. The van der Waals surface area contributed by atoms with E-state index in [1.807, 2.05) is 19.1 Å². The van der Waals surface area contributed by atoms with E-state index in [4.69, 9.17) is 22.1 Å². The second-order valence-electron chi connectivity index (χ2n) is 3.90. The average molecular weight is 254 g/mol. The molecule has 0 fully saturated rings. The molecule has 0 saturated heterocycles. The van der Waals surface area contributed by atoms with Crippen molar-refractivity contribution in [3.05, 3.63) is 28.5 Å². The van der Waals surface area contributed by atoms with Crippen molar-refractivity contribution in [3.8, 4) is 0 Å². The third kappa shape index (κ3) is 2.77. The lowest BCUT2D eigenvalue weighted by atomic mass is 10.2. The van der Waals surface area contributed by atoms with Crippen LogP contribution in [0.3, 0.4) is 0 Å². The fraction of sp³-hybridized carbons (Fsp3) is 0.417. The molecule has 3 N–H and O–H groups in total. The molecule has 4 nitrogen and oxygen atoms in total. The normalized spacial score (nSPS) is 11.2. The number of aryl methyl sites for hydroxylation is 1. The van der Waals surface area contributed by atoms with Gasteiger partial charge in [-0.2, -0.15) is 0 Å². The Kier molecular flexibility index (Phi) is 3.99. The number of nitrogens with two attached hydrogens (primary N) is 1. The number of hydrogen-bond acceptors (Lipinski definition) is 3. The van der Waals surface area contributed by atoms with Gasteiger partial charge in [0.05, 0.1) is 24.2 Å². The van der Waals surface area contributed by atoms with Crippen LogP contribution in [0.2, 0.25) is 5.02 Å². The van der Waals surface area contributed by atoms with Crippen molar-refractivity contribution in [1.29, 1.82) is 0 Å². The van der Waals surface area contributed by atoms with Gasteiger partial charge in [-0.25, -0.2) is 4.98 Å². The topological polar surface area (TPSA) is 63.9 Å². The quantitative estimate of drug-likeness (QED) is 0.802. The van der Waals surface area contributed by atoms with Crippen molar-refractivity contribution in [2.45, 2.75) is 13.3 Å². The van der Waals surface area contributed by atoms with Gasteiger partial charge in [0.25, 0.3) is 0 Å². The molecule has 0 unspecified atom stereocenters. The van der Waals surface area contributed by atoms with Crippen molar-refractivity contribution in [2.75, 3.05) is 19.8 Å². The summed E-state index contributed by atoms with van der Waals surface area (Å²) in [5.74, 6) is 0.919. The number of fused-ring (bicyclic) bond motifs is 1. The average Bonchev–Trinajstić information content (AvgIpc) is 2.74. The van der Waals surface area contributed by atoms with E-state index in [1.54, 1.807) is 0 Å². The van der Waals surface area contributed by atoms with Crippen molar-refractivity contribution in [1.82, 2.24) is 9.97 Å². The zero-order valence-electron chi connectivity index (χ0n) is 9.79. The fourth-order valence-corrected chi connectivity index (χ4v) is 1.86. The van der Waals surface area contributed by atoms with Gasteiger partial charge >= 0.3 is 0 Å². The van der Waals surface area contributed by atoms with Crippen molar-refractivity contribution >= 4 is 22.6 Å². The highest BCUT2D eigenvalue weighted by molar-refractivity contribution is 6.32. The number of rotatable bonds is 5. The lowest BCUT2D eigenvalue weighted by Gasteiger charge is -1.99. The summed E-state index contributed by atoms with van der Waals surface area (Å²) in [6, 6.07) is 3.83. The molecule has 5 heteroatoms. The summed E-state index contributed by atoms with van der Waals surface area (Å²) in [6.07, 6.45) is 0.756. The second kappa shape index (κ2) is 5.49. The maximum absolute atomic E-state index is 6.05. The summed E-state index contributed by atoms with van der Waals surface area (Å²) in [7, 11) is 0. The van der Waals surface area contributed by atoms with Gasteiger partial charge in [0, 0.05) is 18.0 Å². The molecular weight excluding hydrogens is 238 g/mol. The van der Waals surface area contributed by atoms with Crippen LogP contribution in [0.15, 0.2) is 12.1 Å². The number of H-pyrrole nitrogens is 1. The molecule has 0 aliphatic rings. The first-order valence-electron chi connectivity index (χ1n) is 5.64. The molecule has 92 valence electrons. The maximum atomic E-state index is 6.05. The number of halogens is 1. The van der Waals surface area contributed by atoms with Gasteiger partial charge in [-0.15, -0.1) is 0 Å². The summed E-state index contributed by atoms with van der Waals surface area (Å²) in [5, 5.41) is 0.745. The van der Waals surface area contributed by atoms with Crippen molar-refractivity contribution < 1.29 is 4.74 Å². The smallest absolute Gasteiger partial charge is 0.109 e. The first-order valence-corrected chi connectivity index (χ1v) is 6.01. The Morgan fingerprint density at radius 3 is 3.00 bits per heavy atom. The van der Waals surface area contributed by atoms with Crippen LogP contribution in [0.1, 0.15) is 11.4 Å². The van der Waals surface area contributed by atoms with E-state index in [2.05, 4.69) is 9.97 Å². The molecule has 0 saturated carbocycles. The Morgan fingerprint density at radius 1 is 1.41 bits per heavy atom. The highest BCUT2D eigenvalue weighted by Crippen LogP contribution is 2.23. The molecule has 0 amide bonds. The monoisotopic (exact) mass is 253 g/mol. The molecule has 1 aromatic carbocycles.